The summed E-state index contributed by atoms with van der Waals surface area (Å²) in [6, 6.07) is 13.4. The number of halogens is 2. The van der Waals surface area contributed by atoms with Crippen LogP contribution < -0.4 is 5.32 Å². The molecule has 0 aromatic heterocycles. The molecular weight excluding hydrogens is 326 g/mol. The minimum absolute atomic E-state index is 0.159. The van der Waals surface area contributed by atoms with Crippen LogP contribution in [-0.2, 0) is 6.54 Å². The van der Waals surface area contributed by atoms with Gasteiger partial charge in [0.25, 0.3) is 0 Å². The lowest BCUT2D eigenvalue weighted by Crippen LogP contribution is -2.18. The van der Waals surface area contributed by atoms with Crippen molar-refractivity contribution in [2.45, 2.75) is 19.5 Å². The van der Waals surface area contributed by atoms with Gasteiger partial charge in [-0.3, -0.25) is 0 Å². The number of nitrogens with one attached hydrogen (secondary N) is 1. The first-order valence-electron chi connectivity index (χ1n) is 6.03. The number of phenols is 1. The molecule has 2 aromatic carbocycles. The Hall–Kier alpha value is -1.03. The lowest BCUT2D eigenvalue weighted by molar-refractivity contribution is 0.460. The highest BCUT2D eigenvalue weighted by atomic mass is 79.9. The summed E-state index contributed by atoms with van der Waals surface area (Å²) in [6.07, 6.45) is 0. The van der Waals surface area contributed by atoms with E-state index in [2.05, 4.69) is 34.2 Å². The first-order chi connectivity index (χ1) is 9.09. The summed E-state index contributed by atoms with van der Waals surface area (Å²) in [4.78, 5) is 0. The van der Waals surface area contributed by atoms with Crippen LogP contribution in [0.4, 0.5) is 0 Å². The fourth-order valence-corrected chi connectivity index (χ4v) is 2.78. The second kappa shape index (κ2) is 6.42. The summed E-state index contributed by atoms with van der Waals surface area (Å²) >= 11 is 9.62. The number of rotatable bonds is 4. The Balaban J connectivity index is 2.09. The van der Waals surface area contributed by atoms with E-state index in [1.807, 2.05) is 18.2 Å². The van der Waals surface area contributed by atoms with Gasteiger partial charge < -0.3 is 10.4 Å². The fraction of sp³-hybridized carbons (Fsp3) is 0.200. The maximum absolute atomic E-state index is 9.80. The lowest BCUT2D eigenvalue weighted by Gasteiger charge is -2.17. The monoisotopic (exact) mass is 339 g/mol. The smallest absolute Gasteiger partial charge is 0.121 e. The molecule has 0 aliphatic rings. The Kier molecular flexibility index (Phi) is 4.86. The second-order valence-corrected chi connectivity index (χ2v) is 5.62. The number of phenolic OH excluding ortho intramolecular Hbond substituents is 1. The molecule has 100 valence electrons. The molecule has 1 atom stereocenters. The Morgan fingerprint density at radius 1 is 1.21 bits per heavy atom. The highest BCUT2D eigenvalue weighted by Gasteiger charge is 2.11. The van der Waals surface area contributed by atoms with Crippen LogP contribution >= 0.6 is 27.5 Å². The maximum Gasteiger partial charge on any atom is 0.121 e. The van der Waals surface area contributed by atoms with E-state index in [1.165, 1.54) is 5.56 Å². The molecule has 0 radical (unpaired) electrons. The predicted octanol–water partition coefficient (Wildman–Crippen LogP) is 4.66. The Morgan fingerprint density at radius 3 is 2.63 bits per heavy atom. The minimum Gasteiger partial charge on any atom is -0.508 e. The van der Waals surface area contributed by atoms with E-state index in [0.29, 0.717) is 11.6 Å². The summed E-state index contributed by atoms with van der Waals surface area (Å²) in [6.45, 7) is 2.60. The van der Waals surface area contributed by atoms with Gasteiger partial charge >= 0.3 is 0 Å². The second-order valence-electron chi connectivity index (χ2n) is 4.36. The van der Waals surface area contributed by atoms with Gasteiger partial charge in [0.2, 0.25) is 0 Å². The third kappa shape index (κ3) is 3.50. The van der Waals surface area contributed by atoms with Crippen molar-refractivity contribution in [2.24, 2.45) is 0 Å². The van der Waals surface area contributed by atoms with Crippen LogP contribution in [0.2, 0.25) is 5.02 Å². The average Bonchev–Trinajstić information content (AvgIpc) is 2.38. The van der Waals surface area contributed by atoms with Gasteiger partial charge in [-0.2, -0.15) is 0 Å². The van der Waals surface area contributed by atoms with Gasteiger partial charge in [-0.25, -0.2) is 0 Å². The molecule has 2 rings (SSSR count). The Labute approximate surface area is 126 Å². The molecule has 4 heteroatoms. The van der Waals surface area contributed by atoms with E-state index in [-0.39, 0.29) is 11.8 Å². The Morgan fingerprint density at radius 2 is 1.95 bits per heavy atom. The van der Waals surface area contributed by atoms with Gasteiger partial charge in [-0.05, 0) is 30.7 Å². The third-order valence-corrected chi connectivity index (χ3v) is 4.13. The Bertz CT molecular complexity index is 554. The van der Waals surface area contributed by atoms with Gasteiger partial charge in [-0.15, -0.1) is 0 Å². The summed E-state index contributed by atoms with van der Waals surface area (Å²) < 4.78 is 1.07. The molecule has 0 saturated heterocycles. The zero-order valence-electron chi connectivity index (χ0n) is 10.5. The maximum atomic E-state index is 9.80. The molecule has 0 bridgehead atoms. The van der Waals surface area contributed by atoms with Crippen molar-refractivity contribution in [3.8, 4) is 5.75 Å². The molecule has 2 nitrogen and oxygen atoms in total. The van der Waals surface area contributed by atoms with E-state index in [0.717, 1.165) is 10.0 Å². The van der Waals surface area contributed by atoms with Crippen LogP contribution in [0.5, 0.6) is 5.75 Å². The molecule has 0 spiro atoms. The molecule has 0 amide bonds. The zero-order valence-corrected chi connectivity index (χ0v) is 12.9. The molecule has 2 aromatic rings. The van der Waals surface area contributed by atoms with Gasteiger partial charge in [0.1, 0.15) is 5.75 Å². The van der Waals surface area contributed by atoms with Gasteiger partial charge in [0.05, 0.1) is 0 Å². The molecule has 0 aliphatic heterocycles. The molecule has 0 aliphatic carbocycles. The highest BCUT2D eigenvalue weighted by Crippen LogP contribution is 2.27. The van der Waals surface area contributed by atoms with Crippen LogP contribution in [0.25, 0.3) is 0 Å². The highest BCUT2D eigenvalue weighted by molar-refractivity contribution is 9.10. The topological polar surface area (TPSA) is 32.3 Å². The van der Waals surface area contributed by atoms with Gasteiger partial charge in [0, 0.05) is 27.6 Å². The number of aromatic hydroxyl groups is 1. The molecular formula is C15H15BrClNO. The van der Waals surface area contributed by atoms with Crippen LogP contribution in [0, 0.1) is 0 Å². The molecule has 0 fully saturated rings. The van der Waals surface area contributed by atoms with Crippen molar-refractivity contribution in [1.29, 1.82) is 0 Å². The van der Waals surface area contributed by atoms with Crippen LogP contribution in [-0.4, -0.2) is 5.11 Å². The van der Waals surface area contributed by atoms with E-state index in [1.54, 1.807) is 18.2 Å². The molecule has 2 N–H and O–H groups in total. The van der Waals surface area contributed by atoms with Gasteiger partial charge in [0.15, 0.2) is 0 Å². The van der Waals surface area contributed by atoms with E-state index in [4.69, 9.17) is 11.6 Å². The minimum atomic E-state index is 0.159. The van der Waals surface area contributed by atoms with Crippen LogP contribution in [0.1, 0.15) is 24.1 Å². The van der Waals surface area contributed by atoms with Crippen LogP contribution in [0.3, 0.4) is 0 Å². The average molecular weight is 341 g/mol. The molecule has 0 unspecified atom stereocenters. The van der Waals surface area contributed by atoms with E-state index < -0.39 is 0 Å². The summed E-state index contributed by atoms with van der Waals surface area (Å²) in [5.74, 6) is 0.222. The van der Waals surface area contributed by atoms with Crippen molar-refractivity contribution in [3.63, 3.8) is 0 Å². The summed E-state index contributed by atoms with van der Waals surface area (Å²) in [5, 5.41) is 13.7. The van der Waals surface area contributed by atoms with Crippen molar-refractivity contribution in [2.75, 3.05) is 0 Å². The third-order valence-electron chi connectivity index (χ3n) is 3.05. The van der Waals surface area contributed by atoms with Crippen molar-refractivity contribution < 1.29 is 5.11 Å². The quantitative estimate of drug-likeness (QED) is 0.848. The zero-order chi connectivity index (χ0) is 13.8. The summed E-state index contributed by atoms with van der Waals surface area (Å²) in [5.41, 5.74) is 1.90. The molecule has 19 heavy (non-hydrogen) atoms. The number of benzene rings is 2. The van der Waals surface area contributed by atoms with E-state index in [9.17, 15) is 5.11 Å². The predicted molar refractivity (Wildman–Crippen MR) is 82.5 cm³/mol. The standard InChI is InChI=1S/C15H15BrClNO/c1-10(11-5-2-3-6-13(11)16)18-9-12-14(17)7-4-8-15(12)19/h2-8,10,18-19H,9H2,1H3/t10-/m1/s1. The van der Waals surface area contributed by atoms with Crippen molar-refractivity contribution >= 4 is 27.5 Å². The first kappa shape index (κ1) is 14.4. The van der Waals surface area contributed by atoms with Gasteiger partial charge in [-0.1, -0.05) is 51.8 Å². The SMILES string of the molecule is C[C@@H](NCc1c(O)cccc1Cl)c1ccccc1Br. The van der Waals surface area contributed by atoms with Crippen molar-refractivity contribution in [1.82, 2.24) is 5.32 Å². The normalized spacial score (nSPS) is 12.4. The first-order valence-corrected chi connectivity index (χ1v) is 7.21. The van der Waals surface area contributed by atoms with E-state index >= 15 is 0 Å². The number of hydrogen-bond donors (Lipinski definition) is 2. The molecule has 0 saturated carbocycles. The summed E-state index contributed by atoms with van der Waals surface area (Å²) in [7, 11) is 0. The van der Waals surface area contributed by atoms with Crippen LogP contribution in [0.15, 0.2) is 46.9 Å². The lowest BCUT2D eigenvalue weighted by atomic mass is 10.1. The molecule has 0 heterocycles. The fourth-order valence-electron chi connectivity index (χ4n) is 1.91. The van der Waals surface area contributed by atoms with Crippen molar-refractivity contribution in [3.05, 3.63) is 63.1 Å². The largest absolute Gasteiger partial charge is 0.508 e. The number of hydrogen-bond acceptors (Lipinski definition) is 2.